The Kier molecular flexibility index (Phi) is 5.84. The highest BCUT2D eigenvalue weighted by atomic mass is 16.2. The van der Waals surface area contributed by atoms with E-state index in [1.807, 2.05) is 11.8 Å². The molecule has 0 saturated heterocycles. The van der Waals surface area contributed by atoms with Crippen molar-refractivity contribution in [2.24, 2.45) is 0 Å². The van der Waals surface area contributed by atoms with E-state index in [-0.39, 0.29) is 24.5 Å². The van der Waals surface area contributed by atoms with E-state index < -0.39 is 0 Å². The third-order valence-corrected chi connectivity index (χ3v) is 5.67. The van der Waals surface area contributed by atoms with Crippen LogP contribution in [0.15, 0.2) is 54.6 Å². The number of hydrogen-bond donors (Lipinski definition) is 1. The van der Waals surface area contributed by atoms with Crippen LogP contribution in [0.4, 0.5) is 5.95 Å². The summed E-state index contributed by atoms with van der Waals surface area (Å²) in [7, 11) is 0. The van der Waals surface area contributed by atoms with Gasteiger partial charge in [0.2, 0.25) is 5.91 Å². The fourth-order valence-corrected chi connectivity index (χ4v) is 3.66. The Labute approximate surface area is 182 Å². The number of benzene rings is 2. The molecule has 0 radical (unpaired) electrons. The number of anilines is 1. The first-order valence-corrected chi connectivity index (χ1v) is 10.7. The summed E-state index contributed by atoms with van der Waals surface area (Å²) < 4.78 is 1.78. The van der Waals surface area contributed by atoms with Crippen molar-refractivity contribution in [2.75, 3.05) is 11.4 Å². The van der Waals surface area contributed by atoms with Gasteiger partial charge in [-0.15, -0.1) is 0 Å². The third-order valence-electron chi connectivity index (χ3n) is 5.67. The number of amides is 1. The Bertz CT molecular complexity index is 1080. The van der Waals surface area contributed by atoms with Crippen molar-refractivity contribution in [1.29, 1.82) is 0 Å². The lowest BCUT2D eigenvalue weighted by atomic mass is 9.99. The normalized spacial score (nSPS) is 16.5. The summed E-state index contributed by atoms with van der Waals surface area (Å²) in [5, 5.41) is 15.5. The minimum atomic E-state index is -0.157. The zero-order valence-corrected chi connectivity index (χ0v) is 18.4. The predicted octanol–water partition coefficient (Wildman–Crippen LogP) is 3.66. The van der Waals surface area contributed by atoms with Gasteiger partial charge in [0.25, 0.3) is 5.95 Å². The van der Waals surface area contributed by atoms with Crippen LogP contribution in [0.3, 0.4) is 0 Å². The van der Waals surface area contributed by atoms with Crippen molar-refractivity contribution >= 4 is 17.6 Å². The van der Waals surface area contributed by atoms with E-state index in [9.17, 15) is 4.79 Å². The first kappa shape index (κ1) is 20.8. The van der Waals surface area contributed by atoms with Crippen LogP contribution >= 0.6 is 0 Å². The average Bonchev–Trinajstić information content (AvgIpc) is 3.25. The van der Waals surface area contributed by atoms with E-state index >= 15 is 0 Å². The van der Waals surface area contributed by atoms with Gasteiger partial charge >= 0.3 is 0 Å². The maximum absolute atomic E-state index is 12.8. The Balaban J connectivity index is 1.77. The fourth-order valence-electron chi connectivity index (χ4n) is 3.66. The monoisotopic (exact) mass is 416 g/mol. The summed E-state index contributed by atoms with van der Waals surface area (Å²) in [4.78, 5) is 14.7. The van der Waals surface area contributed by atoms with Crippen molar-refractivity contribution in [3.05, 3.63) is 76.9 Å². The van der Waals surface area contributed by atoms with Gasteiger partial charge < -0.3 is 5.32 Å². The van der Waals surface area contributed by atoms with Gasteiger partial charge in [-0.1, -0.05) is 71.7 Å². The highest BCUT2D eigenvalue weighted by molar-refractivity contribution is 5.89. The van der Waals surface area contributed by atoms with Crippen LogP contribution in [0.25, 0.3) is 5.70 Å². The molecule has 1 aromatic heterocycles. The van der Waals surface area contributed by atoms with Crippen LogP contribution in [0.2, 0.25) is 0 Å². The van der Waals surface area contributed by atoms with Gasteiger partial charge in [-0.25, -0.2) is 0 Å². The summed E-state index contributed by atoms with van der Waals surface area (Å²) in [5.41, 5.74) is 5.41. The molecule has 4 rings (SSSR count). The number of nitrogens with zero attached hydrogens (tertiary/aromatic N) is 5. The highest BCUT2D eigenvalue weighted by Gasteiger charge is 2.32. The van der Waals surface area contributed by atoms with Gasteiger partial charge in [-0.3, -0.25) is 9.69 Å². The molecule has 31 heavy (non-hydrogen) atoms. The molecule has 2 atom stereocenters. The molecular weight excluding hydrogens is 388 g/mol. The molecule has 2 aromatic carbocycles. The lowest BCUT2D eigenvalue weighted by molar-refractivity contribution is -0.120. The van der Waals surface area contributed by atoms with Crippen molar-refractivity contribution < 1.29 is 4.79 Å². The van der Waals surface area contributed by atoms with E-state index in [4.69, 9.17) is 0 Å². The first-order chi connectivity index (χ1) is 15.0. The van der Waals surface area contributed by atoms with E-state index in [2.05, 4.69) is 96.2 Å². The molecule has 1 aliphatic heterocycles. The lowest BCUT2D eigenvalue weighted by Gasteiger charge is -2.32. The zero-order valence-electron chi connectivity index (χ0n) is 18.4. The summed E-state index contributed by atoms with van der Waals surface area (Å²) in [6.45, 7) is 8.33. The number of nitrogens with one attached hydrogen (secondary N) is 1. The lowest BCUT2D eigenvalue weighted by Crippen LogP contribution is -2.42. The number of carbonyl (C=O) groups is 1. The number of rotatable bonds is 6. The smallest absolute Gasteiger partial charge is 0.251 e. The summed E-state index contributed by atoms with van der Waals surface area (Å²) in [6, 6.07) is 16.6. The maximum Gasteiger partial charge on any atom is 0.251 e. The van der Waals surface area contributed by atoms with Gasteiger partial charge in [0.05, 0.1) is 5.70 Å². The largest absolute Gasteiger partial charge is 0.352 e. The molecule has 2 heterocycles. The molecule has 3 aromatic rings. The average molecular weight is 417 g/mol. The van der Waals surface area contributed by atoms with E-state index in [1.54, 1.807) is 4.68 Å². The Hall–Kier alpha value is -3.48. The van der Waals surface area contributed by atoms with E-state index in [0.29, 0.717) is 5.95 Å². The molecule has 1 N–H and O–H groups in total. The molecule has 1 amide bonds. The molecule has 0 fully saturated rings. The van der Waals surface area contributed by atoms with Gasteiger partial charge in [0.1, 0.15) is 12.6 Å². The summed E-state index contributed by atoms with van der Waals surface area (Å²) in [6.07, 6.45) is 3.01. The standard InChI is InChI=1S/C24H28N6O/c1-5-18(4)25-23(31)15-29-21(19-10-6-16(2)7-11-19)14-22(30-24(29)26-27-28-30)20-12-8-17(3)9-13-20/h6-14,18,22H,5,15H2,1-4H3,(H,25,31)/t18-,22+/m0/s1. The molecule has 160 valence electrons. The van der Waals surface area contributed by atoms with Crippen LogP contribution in [0.1, 0.15) is 48.6 Å². The van der Waals surface area contributed by atoms with Crippen LogP contribution in [0, 0.1) is 13.8 Å². The Morgan fingerprint density at radius 2 is 1.71 bits per heavy atom. The van der Waals surface area contributed by atoms with Crippen LogP contribution in [-0.4, -0.2) is 38.7 Å². The van der Waals surface area contributed by atoms with Crippen molar-refractivity contribution in [3.8, 4) is 0 Å². The molecular formula is C24H28N6O. The molecule has 7 nitrogen and oxygen atoms in total. The number of carbonyl (C=O) groups excluding carboxylic acids is 1. The zero-order chi connectivity index (χ0) is 22.0. The minimum absolute atomic E-state index is 0.0595. The second kappa shape index (κ2) is 8.71. The predicted molar refractivity (Wildman–Crippen MR) is 122 cm³/mol. The van der Waals surface area contributed by atoms with Gasteiger partial charge in [-0.05, 0) is 54.8 Å². The highest BCUT2D eigenvalue weighted by Crippen LogP contribution is 2.36. The number of aromatic nitrogens is 4. The van der Waals surface area contributed by atoms with E-state index in [0.717, 1.165) is 23.2 Å². The van der Waals surface area contributed by atoms with Crippen LogP contribution in [-0.2, 0) is 4.79 Å². The van der Waals surface area contributed by atoms with Crippen LogP contribution < -0.4 is 10.2 Å². The van der Waals surface area contributed by atoms with Gasteiger partial charge in [0.15, 0.2) is 0 Å². The Morgan fingerprint density at radius 3 is 2.35 bits per heavy atom. The number of aryl methyl sites for hydroxylation is 2. The quantitative estimate of drug-likeness (QED) is 0.664. The third kappa shape index (κ3) is 4.35. The van der Waals surface area contributed by atoms with Crippen LogP contribution in [0.5, 0.6) is 0 Å². The molecule has 0 spiro atoms. The maximum atomic E-state index is 12.8. The molecule has 0 aliphatic carbocycles. The summed E-state index contributed by atoms with van der Waals surface area (Å²) >= 11 is 0. The molecule has 0 bridgehead atoms. The first-order valence-electron chi connectivity index (χ1n) is 10.7. The van der Waals surface area contributed by atoms with Crippen molar-refractivity contribution in [3.63, 3.8) is 0 Å². The van der Waals surface area contributed by atoms with Gasteiger partial charge in [0, 0.05) is 6.04 Å². The van der Waals surface area contributed by atoms with Gasteiger partial charge in [-0.2, -0.15) is 4.68 Å². The number of hydrogen-bond acceptors (Lipinski definition) is 5. The second-order valence-corrected chi connectivity index (χ2v) is 8.16. The SMILES string of the molecule is CC[C@H](C)NC(=O)CN1C(c2ccc(C)cc2)=C[C@H](c2ccc(C)cc2)n2nnnc21. The van der Waals surface area contributed by atoms with Crippen molar-refractivity contribution in [2.45, 2.75) is 46.2 Å². The second-order valence-electron chi connectivity index (χ2n) is 8.16. The summed E-state index contributed by atoms with van der Waals surface area (Å²) in [5.74, 6) is 0.499. The van der Waals surface area contributed by atoms with E-state index in [1.165, 1.54) is 11.1 Å². The molecule has 0 saturated carbocycles. The van der Waals surface area contributed by atoms with Crippen molar-refractivity contribution in [1.82, 2.24) is 25.5 Å². The Morgan fingerprint density at radius 1 is 1.06 bits per heavy atom. The molecule has 0 unspecified atom stereocenters. The molecule has 7 heteroatoms. The topological polar surface area (TPSA) is 75.9 Å². The molecule has 1 aliphatic rings. The minimum Gasteiger partial charge on any atom is -0.352 e. The number of fused-ring (bicyclic) bond motifs is 1. The number of allylic oxidation sites excluding steroid dienone is 1. The number of tetrazole rings is 1. The fraction of sp³-hybridized carbons (Fsp3) is 0.333.